The summed E-state index contributed by atoms with van der Waals surface area (Å²) in [7, 11) is 0. The van der Waals surface area contributed by atoms with Crippen molar-refractivity contribution in [3.05, 3.63) is 0 Å². The van der Waals surface area contributed by atoms with E-state index in [1.54, 1.807) is 0 Å². The lowest BCUT2D eigenvalue weighted by molar-refractivity contribution is 0.0434. The van der Waals surface area contributed by atoms with Crippen LogP contribution in [0.3, 0.4) is 0 Å². The zero-order valence-corrected chi connectivity index (χ0v) is 10.4. The third kappa shape index (κ3) is 2.63. The minimum Gasteiger partial charge on any atom is -0.375 e. The molecular weight excluding hydrogens is 248 g/mol. The van der Waals surface area contributed by atoms with Crippen LogP contribution in [-0.2, 0) is 4.74 Å². The fraction of sp³-hybridized carbons (Fsp3) is 1.00. The summed E-state index contributed by atoms with van der Waals surface area (Å²) in [4.78, 5) is 0.733. The summed E-state index contributed by atoms with van der Waals surface area (Å²) in [5.74, 6) is 3.46. The molecule has 0 radical (unpaired) electrons. The van der Waals surface area contributed by atoms with Crippen molar-refractivity contribution in [2.45, 2.75) is 43.2 Å². The minimum atomic E-state index is 0.507. The van der Waals surface area contributed by atoms with Crippen LogP contribution in [0.5, 0.6) is 0 Å². The lowest BCUT2D eigenvalue weighted by Gasteiger charge is -2.17. The molecule has 2 saturated heterocycles. The number of halogens is 1. The van der Waals surface area contributed by atoms with Crippen LogP contribution >= 0.6 is 27.7 Å². The first-order valence-corrected chi connectivity index (χ1v) is 7.20. The number of hydrogen-bond acceptors (Lipinski definition) is 2. The molecule has 1 nitrogen and oxygen atoms in total. The fourth-order valence-corrected chi connectivity index (χ4v) is 4.70. The zero-order chi connectivity index (χ0) is 9.26. The highest BCUT2D eigenvalue weighted by Crippen LogP contribution is 2.35. The molecule has 2 rings (SSSR count). The maximum atomic E-state index is 5.84. The predicted octanol–water partition coefficient (Wildman–Crippen LogP) is 3.07. The molecule has 0 aromatic rings. The van der Waals surface area contributed by atoms with Crippen molar-refractivity contribution >= 4 is 27.7 Å². The van der Waals surface area contributed by atoms with E-state index in [1.807, 2.05) is 0 Å². The molecule has 2 heterocycles. The molecule has 13 heavy (non-hydrogen) atoms. The zero-order valence-electron chi connectivity index (χ0n) is 8.04. The first-order valence-electron chi connectivity index (χ1n) is 5.13. The second-order valence-electron chi connectivity index (χ2n) is 4.20. The molecule has 4 atom stereocenters. The molecule has 2 aliphatic rings. The van der Waals surface area contributed by atoms with Gasteiger partial charge < -0.3 is 4.74 Å². The van der Waals surface area contributed by atoms with Crippen molar-refractivity contribution in [2.75, 3.05) is 11.5 Å². The highest BCUT2D eigenvalue weighted by molar-refractivity contribution is 9.09. The largest absolute Gasteiger partial charge is 0.375 e. The summed E-state index contributed by atoms with van der Waals surface area (Å²) in [6, 6.07) is 0. The van der Waals surface area contributed by atoms with Gasteiger partial charge >= 0.3 is 0 Å². The van der Waals surface area contributed by atoms with E-state index in [1.165, 1.54) is 30.8 Å². The fourth-order valence-electron chi connectivity index (χ4n) is 2.18. The molecule has 76 valence electrons. The average Bonchev–Trinajstić information content (AvgIpc) is 2.64. The third-order valence-corrected chi connectivity index (χ3v) is 5.76. The van der Waals surface area contributed by atoms with E-state index in [0.717, 1.165) is 10.7 Å². The van der Waals surface area contributed by atoms with Crippen molar-refractivity contribution in [2.24, 2.45) is 5.92 Å². The van der Waals surface area contributed by atoms with Crippen LogP contribution in [0.25, 0.3) is 0 Å². The Labute approximate surface area is 93.1 Å². The van der Waals surface area contributed by atoms with E-state index in [9.17, 15) is 0 Å². The van der Waals surface area contributed by atoms with Gasteiger partial charge in [-0.15, -0.1) is 0 Å². The Balaban J connectivity index is 1.77. The highest BCUT2D eigenvalue weighted by Gasteiger charge is 2.31. The molecule has 0 N–H and O–H groups in total. The summed E-state index contributed by atoms with van der Waals surface area (Å²) in [5.41, 5.74) is 0. The third-order valence-electron chi connectivity index (χ3n) is 3.01. The van der Waals surface area contributed by atoms with Crippen LogP contribution in [0, 0.1) is 5.92 Å². The molecule has 2 aliphatic heterocycles. The SMILES string of the molecule is CC1CCC(CC2CSCC2Br)O1. The van der Waals surface area contributed by atoms with Gasteiger partial charge in [-0.25, -0.2) is 0 Å². The molecule has 0 aliphatic carbocycles. The number of thioether (sulfide) groups is 1. The van der Waals surface area contributed by atoms with Crippen LogP contribution in [0.4, 0.5) is 0 Å². The van der Waals surface area contributed by atoms with Crippen LogP contribution in [0.1, 0.15) is 26.2 Å². The second kappa shape index (κ2) is 4.54. The van der Waals surface area contributed by atoms with E-state index in [-0.39, 0.29) is 0 Å². The Morgan fingerprint density at radius 1 is 1.38 bits per heavy atom. The molecule has 2 fully saturated rings. The van der Waals surface area contributed by atoms with Crippen molar-refractivity contribution in [1.82, 2.24) is 0 Å². The molecule has 0 aromatic carbocycles. The van der Waals surface area contributed by atoms with Gasteiger partial charge in [0.05, 0.1) is 12.2 Å². The summed E-state index contributed by atoms with van der Waals surface area (Å²) >= 11 is 5.82. The molecule has 3 heteroatoms. The van der Waals surface area contributed by atoms with Gasteiger partial charge in [-0.1, -0.05) is 15.9 Å². The Kier molecular flexibility index (Phi) is 3.60. The number of ether oxygens (including phenoxy) is 1. The van der Waals surface area contributed by atoms with Crippen LogP contribution in [0.2, 0.25) is 0 Å². The number of rotatable bonds is 2. The van der Waals surface area contributed by atoms with Gasteiger partial charge in [-0.2, -0.15) is 11.8 Å². The van der Waals surface area contributed by atoms with Gasteiger partial charge in [0.2, 0.25) is 0 Å². The topological polar surface area (TPSA) is 9.23 Å². The minimum absolute atomic E-state index is 0.507. The van der Waals surface area contributed by atoms with E-state index >= 15 is 0 Å². The van der Waals surface area contributed by atoms with Gasteiger partial charge in [0.15, 0.2) is 0 Å². The Bertz CT molecular complexity index is 176. The molecule has 0 amide bonds. The molecule has 4 unspecified atom stereocenters. The monoisotopic (exact) mass is 264 g/mol. The van der Waals surface area contributed by atoms with Gasteiger partial charge in [-0.05, 0) is 37.9 Å². The van der Waals surface area contributed by atoms with Gasteiger partial charge in [0.25, 0.3) is 0 Å². The Hall–Kier alpha value is 0.790. The van der Waals surface area contributed by atoms with Crippen molar-refractivity contribution in [3.63, 3.8) is 0 Å². The van der Waals surface area contributed by atoms with Gasteiger partial charge in [-0.3, -0.25) is 0 Å². The maximum Gasteiger partial charge on any atom is 0.0583 e. The van der Waals surface area contributed by atoms with Crippen LogP contribution in [-0.4, -0.2) is 28.5 Å². The standard InChI is InChI=1S/C10H17BrOS/c1-7-2-3-9(12-7)4-8-5-13-6-10(8)11/h7-10H,2-6H2,1H3. The summed E-state index contributed by atoms with van der Waals surface area (Å²) in [6.45, 7) is 2.19. The van der Waals surface area contributed by atoms with Crippen molar-refractivity contribution in [1.29, 1.82) is 0 Å². The normalized spacial score (nSPS) is 45.7. The molecule has 0 aromatic heterocycles. The lowest BCUT2D eigenvalue weighted by Crippen LogP contribution is -2.19. The van der Waals surface area contributed by atoms with Crippen LogP contribution < -0.4 is 0 Å². The van der Waals surface area contributed by atoms with Crippen molar-refractivity contribution < 1.29 is 4.74 Å². The summed E-state index contributed by atoms with van der Waals surface area (Å²) in [6.07, 6.45) is 4.87. The second-order valence-corrected chi connectivity index (χ2v) is 6.45. The van der Waals surface area contributed by atoms with E-state index in [2.05, 4.69) is 34.6 Å². The first kappa shape index (κ1) is 10.3. The highest BCUT2D eigenvalue weighted by atomic mass is 79.9. The lowest BCUT2D eigenvalue weighted by atomic mass is 9.99. The van der Waals surface area contributed by atoms with Gasteiger partial charge in [0, 0.05) is 10.6 Å². The number of alkyl halides is 1. The van der Waals surface area contributed by atoms with Gasteiger partial charge in [0.1, 0.15) is 0 Å². The maximum absolute atomic E-state index is 5.84. The average molecular weight is 265 g/mol. The van der Waals surface area contributed by atoms with Crippen LogP contribution in [0.15, 0.2) is 0 Å². The van der Waals surface area contributed by atoms with E-state index in [0.29, 0.717) is 12.2 Å². The Morgan fingerprint density at radius 2 is 2.23 bits per heavy atom. The smallest absolute Gasteiger partial charge is 0.0583 e. The van der Waals surface area contributed by atoms with Crippen molar-refractivity contribution in [3.8, 4) is 0 Å². The number of hydrogen-bond donors (Lipinski definition) is 0. The molecule has 0 saturated carbocycles. The Morgan fingerprint density at radius 3 is 2.77 bits per heavy atom. The summed E-state index contributed by atoms with van der Waals surface area (Å²) in [5, 5.41) is 0. The molecule has 0 bridgehead atoms. The molecular formula is C10H17BrOS. The quantitative estimate of drug-likeness (QED) is 0.710. The molecule has 0 spiro atoms. The summed E-state index contributed by atoms with van der Waals surface area (Å²) < 4.78 is 5.84. The van der Waals surface area contributed by atoms with E-state index in [4.69, 9.17) is 4.74 Å². The first-order chi connectivity index (χ1) is 6.25. The van der Waals surface area contributed by atoms with E-state index < -0.39 is 0 Å². The predicted molar refractivity (Wildman–Crippen MR) is 61.7 cm³/mol.